The Balaban J connectivity index is 1.83. The molecule has 2 rings (SSSR count). The molecule has 0 unspecified atom stereocenters. The summed E-state index contributed by atoms with van der Waals surface area (Å²) in [6, 6.07) is 5.68. The zero-order valence-electron chi connectivity index (χ0n) is 10.1. The molecule has 0 N–H and O–H groups in total. The van der Waals surface area contributed by atoms with Crippen molar-refractivity contribution in [3.63, 3.8) is 0 Å². The second-order valence-electron chi connectivity index (χ2n) is 4.10. The Labute approximate surface area is 101 Å². The molecule has 1 fully saturated rings. The number of ether oxygens (including phenoxy) is 1. The zero-order valence-corrected chi connectivity index (χ0v) is 10.1. The van der Waals surface area contributed by atoms with Crippen LogP contribution in [0.15, 0.2) is 30.4 Å². The van der Waals surface area contributed by atoms with Crippen LogP contribution in [0.25, 0.3) is 0 Å². The van der Waals surface area contributed by atoms with Crippen molar-refractivity contribution >= 4 is 5.91 Å². The van der Waals surface area contributed by atoms with Crippen LogP contribution < -0.4 is 4.74 Å². The fourth-order valence-corrected chi connectivity index (χ4v) is 1.70. The largest absolute Gasteiger partial charge is 0.471 e. The predicted molar refractivity (Wildman–Crippen MR) is 64.8 cm³/mol. The average Bonchev–Trinajstić information content (AvgIpc) is 2.23. The Hall–Kier alpha value is -1.84. The number of carbonyl (C=O) groups excluding carboxylic acids is 1. The molecule has 17 heavy (non-hydrogen) atoms. The summed E-state index contributed by atoms with van der Waals surface area (Å²) < 4.78 is 5.66. The lowest BCUT2D eigenvalue weighted by Crippen LogP contribution is -2.55. The second kappa shape index (κ2) is 4.99. The molecule has 4 nitrogen and oxygen atoms in total. The molecule has 90 valence electrons. The predicted octanol–water partition coefficient (Wildman–Crippen LogP) is 1.56. The Kier molecular flexibility index (Phi) is 3.42. The van der Waals surface area contributed by atoms with Gasteiger partial charge in [0.05, 0.1) is 13.1 Å². The van der Waals surface area contributed by atoms with Crippen molar-refractivity contribution in [3.05, 3.63) is 36.0 Å². The highest BCUT2D eigenvalue weighted by Gasteiger charge is 2.31. The van der Waals surface area contributed by atoms with Gasteiger partial charge in [-0.2, -0.15) is 0 Å². The maximum absolute atomic E-state index is 11.4. The highest BCUT2D eigenvalue weighted by molar-refractivity contribution is 5.88. The fraction of sp³-hybridized carbons (Fsp3) is 0.385. The average molecular weight is 232 g/mol. The van der Waals surface area contributed by atoms with Gasteiger partial charge in [0.2, 0.25) is 11.8 Å². The van der Waals surface area contributed by atoms with Crippen molar-refractivity contribution in [1.29, 1.82) is 0 Å². The Morgan fingerprint density at radius 3 is 2.94 bits per heavy atom. The van der Waals surface area contributed by atoms with Crippen LogP contribution in [0.2, 0.25) is 0 Å². The van der Waals surface area contributed by atoms with Crippen molar-refractivity contribution in [2.45, 2.75) is 20.0 Å². The van der Waals surface area contributed by atoms with E-state index in [4.69, 9.17) is 4.74 Å². The van der Waals surface area contributed by atoms with Crippen molar-refractivity contribution in [3.8, 4) is 5.88 Å². The fourth-order valence-electron chi connectivity index (χ4n) is 1.70. The number of carbonyl (C=O) groups is 1. The minimum Gasteiger partial charge on any atom is -0.471 e. The molecule has 0 spiro atoms. The van der Waals surface area contributed by atoms with Crippen molar-refractivity contribution in [2.75, 3.05) is 13.1 Å². The number of aromatic nitrogens is 1. The molecule has 1 aromatic rings. The van der Waals surface area contributed by atoms with E-state index >= 15 is 0 Å². The van der Waals surface area contributed by atoms with E-state index in [-0.39, 0.29) is 12.0 Å². The van der Waals surface area contributed by atoms with Gasteiger partial charge in [0.15, 0.2) is 0 Å². The van der Waals surface area contributed by atoms with Gasteiger partial charge in [-0.1, -0.05) is 12.1 Å². The maximum atomic E-state index is 11.4. The van der Waals surface area contributed by atoms with Crippen LogP contribution in [-0.4, -0.2) is 35.0 Å². The van der Waals surface area contributed by atoms with Crippen molar-refractivity contribution < 1.29 is 9.53 Å². The quantitative estimate of drug-likeness (QED) is 0.743. The molecule has 1 saturated heterocycles. The van der Waals surface area contributed by atoms with Crippen LogP contribution >= 0.6 is 0 Å². The molecule has 2 heterocycles. The highest BCUT2D eigenvalue weighted by Crippen LogP contribution is 2.16. The van der Waals surface area contributed by atoms with Crippen LogP contribution in [0.5, 0.6) is 5.88 Å². The van der Waals surface area contributed by atoms with Gasteiger partial charge in [0.25, 0.3) is 0 Å². The van der Waals surface area contributed by atoms with Crippen LogP contribution in [0.1, 0.15) is 12.6 Å². The van der Waals surface area contributed by atoms with Crippen molar-refractivity contribution in [1.82, 2.24) is 9.88 Å². The van der Waals surface area contributed by atoms with Gasteiger partial charge in [0, 0.05) is 11.8 Å². The monoisotopic (exact) mass is 232 g/mol. The van der Waals surface area contributed by atoms with Crippen LogP contribution in [-0.2, 0) is 4.79 Å². The number of pyridine rings is 1. The summed E-state index contributed by atoms with van der Waals surface area (Å²) in [6.45, 7) is 5.04. The smallest absolute Gasteiger partial charge is 0.246 e. The first kappa shape index (κ1) is 11.6. The molecule has 0 radical (unpaired) electrons. The van der Waals surface area contributed by atoms with E-state index in [0.717, 1.165) is 5.69 Å². The van der Waals surface area contributed by atoms with Crippen LogP contribution in [0, 0.1) is 6.92 Å². The normalized spacial score (nSPS) is 16.0. The third-order valence-electron chi connectivity index (χ3n) is 2.62. The number of hydrogen-bond acceptors (Lipinski definition) is 3. The molecule has 1 aliphatic rings. The molecular weight excluding hydrogens is 216 g/mol. The van der Waals surface area contributed by atoms with E-state index in [1.165, 1.54) is 0 Å². The maximum Gasteiger partial charge on any atom is 0.246 e. The lowest BCUT2D eigenvalue weighted by atomic mass is 10.1. The van der Waals surface area contributed by atoms with Gasteiger partial charge in [-0.3, -0.25) is 4.79 Å². The molecule has 0 saturated carbocycles. The minimum absolute atomic E-state index is 0.0459. The van der Waals surface area contributed by atoms with Crippen LogP contribution in [0.3, 0.4) is 0 Å². The third kappa shape index (κ3) is 2.84. The summed E-state index contributed by atoms with van der Waals surface area (Å²) >= 11 is 0. The van der Waals surface area contributed by atoms with E-state index < -0.39 is 0 Å². The molecule has 4 heteroatoms. The molecule has 1 aliphatic heterocycles. The number of hydrogen-bond donors (Lipinski definition) is 0. The second-order valence-corrected chi connectivity index (χ2v) is 4.10. The number of likely N-dealkylation sites (tertiary alicyclic amines) is 1. The number of aryl methyl sites for hydroxylation is 1. The SMILES string of the molecule is C/C=C/C(=O)N1CC(Oc2cccc(C)n2)C1. The number of rotatable bonds is 3. The summed E-state index contributed by atoms with van der Waals surface area (Å²) in [5.74, 6) is 0.678. The van der Waals surface area contributed by atoms with E-state index in [2.05, 4.69) is 4.98 Å². The van der Waals surface area contributed by atoms with E-state index in [1.807, 2.05) is 32.0 Å². The molecular formula is C13H16N2O2. The van der Waals surface area contributed by atoms with E-state index in [1.54, 1.807) is 17.1 Å². The Bertz CT molecular complexity index is 437. The van der Waals surface area contributed by atoms with Crippen molar-refractivity contribution in [2.24, 2.45) is 0 Å². The van der Waals surface area contributed by atoms with Gasteiger partial charge in [-0.15, -0.1) is 0 Å². The summed E-state index contributed by atoms with van der Waals surface area (Å²) in [6.07, 6.45) is 3.39. The van der Waals surface area contributed by atoms with E-state index in [9.17, 15) is 4.79 Å². The molecule has 0 bridgehead atoms. The lowest BCUT2D eigenvalue weighted by Gasteiger charge is -2.38. The number of amides is 1. The third-order valence-corrected chi connectivity index (χ3v) is 2.62. The van der Waals surface area contributed by atoms with Gasteiger partial charge < -0.3 is 9.64 Å². The summed E-state index contributed by atoms with van der Waals surface area (Å²) in [7, 11) is 0. The highest BCUT2D eigenvalue weighted by atomic mass is 16.5. The zero-order chi connectivity index (χ0) is 12.3. The summed E-state index contributed by atoms with van der Waals surface area (Å²) in [5, 5.41) is 0. The molecule has 0 aromatic carbocycles. The number of allylic oxidation sites excluding steroid dienone is 1. The topological polar surface area (TPSA) is 42.4 Å². The van der Waals surface area contributed by atoms with Gasteiger partial charge in [-0.25, -0.2) is 4.98 Å². The lowest BCUT2D eigenvalue weighted by molar-refractivity contribution is -0.134. The standard InChI is InChI=1S/C13H16N2O2/c1-3-5-13(16)15-8-11(9-15)17-12-7-4-6-10(2)14-12/h3-7,11H,8-9H2,1-2H3/b5-3+. The minimum atomic E-state index is 0.0459. The van der Waals surface area contributed by atoms with Gasteiger partial charge in [0.1, 0.15) is 6.10 Å². The summed E-state index contributed by atoms with van der Waals surface area (Å²) in [4.78, 5) is 17.5. The first-order chi connectivity index (χ1) is 8.19. The van der Waals surface area contributed by atoms with Gasteiger partial charge >= 0.3 is 0 Å². The van der Waals surface area contributed by atoms with Gasteiger partial charge in [-0.05, 0) is 26.0 Å². The Morgan fingerprint density at radius 2 is 2.29 bits per heavy atom. The first-order valence-corrected chi connectivity index (χ1v) is 5.71. The number of nitrogens with zero attached hydrogens (tertiary/aromatic N) is 2. The van der Waals surface area contributed by atoms with Crippen LogP contribution in [0.4, 0.5) is 0 Å². The van der Waals surface area contributed by atoms with E-state index in [0.29, 0.717) is 19.0 Å². The summed E-state index contributed by atoms with van der Waals surface area (Å²) in [5.41, 5.74) is 0.934. The molecule has 0 atom stereocenters. The molecule has 1 amide bonds. The Morgan fingerprint density at radius 1 is 1.53 bits per heavy atom. The molecule has 0 aliphatic carbocycles. The first-order valence-electron chi connectivity index (χ1n) is 5.71. The molecule has 1 aromatic heterocycles.